The fourth-order valence-electron chi connectivity index (χ4n) is 4.01. The smallest absolute Gasteiger partial charge is 0.224 e. The summed E-state index contributed by atoms with van der Waals surface area (Å²) in [6.07, 6.45) is 4.43. The van der Waals surface area contributed by atoms with Gasteiger partial charge in [-0.25, -0.2) is 9.97 Å². The fraction of sp³-hybridized carbons (Fsp3) is 0.524. The first-order chi connectivity index (χ1) is 15.0. The lowest BCUT2D eigenvalue weighted by Gasteiger charge is -2.20. The van der Waals surface area contributed by atoms with Crippen molar-refractivity contribution in [3.05, 3.63) is 24.2 Å². The third-order valence-corrected chi connectivity index (χ3v) is 7.17. The van der Waals surface area contributed by atoms with Crippen LogP contribution in [0.25, 0.3) is 20.8 Å². The van der Waals surface area contributed by atoms with E-state index < -0.39 is 18.2 Å². The van der Waals surface area contributed by atoms with Gasteiger partial charge in [-0.1, -0.05) is 0 Å². The van der Waals surface area contributed by atoms with E-state index in [1.165, 1.54) is 24.2 Å². The zero-order chi connectivity index (χ0) is 21.5. The number of aliphatic hydroxyl groups excluding tert-OH is 3. The molecule has 0 amide bonds. The van der Waals surface area contributed by atoms with Gasteiger partial charge in [0.05, 0.1) is 28.1 Å². The van der Waals surface area contributed by atoms with Crippen LogP contribution < -0.4 is 10.6 Å². The molecule has 2 aliphatic carbocycles. The Morgan fingerprint density at radius 1 is 1.16 bits per heavy atom. The number of nitrogens with zero attached hydrogens (tertiary/aromatic N) is 4. The fourth-order valence-corrected chi connectivity index (χ4v) is 5.04. The molecule has 0 saturated heterocycles. The van der Waals surface area contributed by atoms with E-state index in [1.807, 2.05) is 13.0 Å². The van der Waals surface area contributed by atoms with Crippen LogP contribution in [0.3, 0.4) is 0 Å². The van der Waals surface area contributed by atoms with Gasteiger partial charge < -0.3 is 26.0 Å². The van der Waals surface area contributed by atoms with Crippen LogP contribution in [0.5, 0.6) is 0 Å². The Hall–Kier alpha value is -2.40. The number of anilines is 2. The average Bonchev–Trinajstić information content (AvgIpc) is 3.44. The zero-order valence-corrected chi connectivity index (χ0v) is 18.0. The Morgan fingerprint density at radius 3 is 2.71 bits per heavy atom. The number of hydrogen-bond acceptors (Lipinski definition) is 10. The third-order valence-electron chi connectivity index (χ3n) is 6.11. The monoisotopic (exact) mass is 442 g/mol. The van der Waals surface area contributed by atoms with Gasteiger partial charge in [0.2, 0.25) is 5.95 Å². The first-order valence-corrected chi connectivity index (χ1v) is 11.4. The van der Waals surface area contributed by atoms with Gasteiger partial charge in [0.15, 0.2) is 0 Å². The molecule has 2 aliphatic rings. The van der Waals surface area contributed by atoms with E-state index in [2.05, 4.69) is 25.6 Å². The molecule has 4 atom stereocenters. The Labute approximate surface area is 183 Å². The highest BCUT2D eigenvalue weighted by Gasteiger charge is 2.41. The number of rotatable bonds is 7. The highest BCUT2D eigenvalue weighted by molar-refractivity contribution is 7.21. The Balaban J connectivity index is 1.49. The second-order valence-corrected chi connectivity index (χ2v) is 9.48. The summed E-state index contributed by atoms with van der Waals surface area (Å²) in [4.78, 5) is 18.2. The Morgan fingerprint density at radius 2 is 2.00 bits per heavy atom. The minimum Gasteiger partial charge on any atom is -0.396 e. The predicted molar refractivity (Wildman–Crippen MR) is 119 cm³/mol. The number of aryl methyl sites for hydroxylation is 1. The van der Waals surface area contributed by atoms with Crippen molar-refractivity contribution < 1.29 is 15.3 Å². The number of nitrogens with one attached hydrogen (secondary N) is 2. The van der Waals surface area contributed by atoms with Crippen LogP contribution >= 0.6 is 11.3 Å². The van der Waals surface area contributed by atoms with Gasteiger partial charge in [-0.3, -0.25) is 4.98 Å². The summed E-state index contributed by atoms with van der Waals surface area (Å²) in [5.74, 6) is 1.37. The summed E-state index contributed by atoms with van der Waals surface area (Å²) in [5, 5.41) is 37.5. The van der Waals surface area contributed by atoms with E-state index >= 15 is 0 Å². The molecular formula is C21H26N6O3S. The number of aromatic nitrogens is 4. The van der Waals surface area contributed by atoms with Gasteiger partial charge in [0.25, 0.3) is 0 Å². The van der Waals surface area contributed by atoms with E-state index in [9.17, 15) is 15.3 Å². The zero-order valence-electron chi connectivity index (χ0n) is 17.2. The lowest BCUT2D eigenvalue weighted by Crippen LogP contribution is -2.35. The molecule has 3 heterocycles. The quantitative estimate of drug-likeness (QED) is 0.371. The van der Waals surface area contributed by atoms with Crippen molar-refractivity contribution in [2.75, 3.05) is 23.8 Å². The highest BCUT2D eigenvalue weighted by atomic mass is 32.1. The lowest BCUT2D eigenvalue weighted by atomic mass is 10.1. The number of thiazole rings is 1. The summed E-state index contributed by atoms with van der Waals surface area (Å²) in [5.41, 5.74) is 2.44. The third kappa shape index (κ3) is 4.08. The minimum absolute atomic E-state index is 0.175. The summed E-state index contributed by atoms with van der Waals surface area (Å²) in [6.45, 7) is 2.59. The first kappa shape index (κ1) is 20.5. The molecule has 9 nitrogen and oxygen atoms in total. The normalized spacial score (nSPS) is 25.8. The lowest BCUT2D eigenvalue weighted by molar-refractivity contribution is 0.00446. The van der Waals surface area contributed by atoms with Gasteiger partial charge in [0, 0.05) is 31.5 Å². The molecule has 2 saturated carbocycles. The molecule has 2 fully saturated rings. The molecule has 0 unspecified atom stereocenters. The van der Waals surface area contributed by atoms with E-state index in [1.54, 1.807) is 12.4 Å². The van der Waals surface area contributed by atoms with Crippen molar-refractivity contribution in [3.63, 3.8) is 0 Å². The van der Waals surface area contributed by atoms with Crippen molar-refractivity contribution in [2.24, 2.45) is 11.8 Å². The van der Waals surface area contributed by atoms with Crippen molar-refractivity contribution in [1.29, 1.82) is 0 Å². The highest BCUT2D eigenvalue weighted by Crippen LogP contribution is 2.37. The van der Waals surface area contributed by atoms with Crippen molar-refractivity contribution in [2.45, 2.75) is 44.4 Å². The molecule has 31 heavy (non-hydrogen) atoms. The van der Waals surface area contributed by atoms with Gasteiger partial charge >= 0.3 is 0 Å². The second kappa shape index (κ2) is 8.27. The molecule has 5 N–H and O–H groups in total. The maximum Gasteiger partial charge on any atom is 0.224 e. The molecule has 0 radical (unpaired) electrons. The maximum atomic E-state index is 10.5. The molecule has 0 bridgehead atoms. The SMILES string of the molecule is Cc1nccc2sc(-c3cnc(NCC4CC4)nc3N[C@@H]3C[C@H](CO)[C@@H](O)[C@H]3O)nc12. The number of hydrogen-bond donors (Lipinski definition) is 5. The first-order valence-electron chi connectivity index (χ1n) is 10.6. The number of aliphatic hydroxyl groups is 3. The molecule has 0 spiro atoms. The van der Waals surface area contributed by atoms with E-state index in [-0.39, 0.29) is 12.5 Å². The summed E-state index contributed by atoms with van der Waals surface area (Å²) >= 11 is 1.53. The molecule has 0 aliphatic heterocycles. The van der Waals surface area contributed by atoms with Crippen LogP contribution in [-0.4, -0.2) is 66.7 Å². The topological polar surface area (TPSA) is 136 Å². The van der Waals surface area contributed by atoms with Crippen molar-refractivity contribution in [1.82, 2.24) is 19.9 Å². The second-order valence-electron chi connectivity index (χ2n) is 8.45. The molecule has 5 rings (SSSR count). The largest absolute Gasteiger partial charge is 0.396 e. The molecule has 3 aromatic heterocycles. The van der Waals surface area contributed by atoms with Crippen LogP contribution in [0.15, 0.2) is 18.5 Å². The van der Waals surface area contributed by atoms with Crippen LogP contribution in [0.2, 0.25) is 0 Å². The predicted octanol–water partition coefficient (Wildman–Crippen LogP) is 1.79. The molecule has 164 valence electrons. The van der Waals surface area contributed by atoms with Crippen molar-refractivity contribution >= 4 is 33.3 Å². The maximum absolute atomic E-state index is 10.5. The van der Waals surface area contributed by atoms with Gasteiger partial charge in [-0.15, -0.1) is 11.3 Å². The average molecular weight is 443 g/mol. The van der Waals surface area contributed by atoms with E-state index in [4.69, 9.17) is 4.98 Å². The Bertz CT molecular complexity index is 1090. The summed E-state index contributed by atoms with van der Waals surface area (Å²) < 4.78 is 1.03. The van der Waals surface area contributed by atoms with Gasteiger partial charge in [-0.05, 0) is 38.2 Å². The van der Waals surface area contributed by atoms with Crippen molar-refractivity contribution in [3.8, 4) is 10.6 Å². The summed E-state index contributed by atoms with van der Waals surface area (Å²) in [7, 11) is 0. The van der Waals surface area contributed by atoms with Gasteiger partial charge in [-0.2, -0.15) is 4.98 Å². The van der Waals surface area contributed by atoms with Crippen LogP contribution in [-0.2, 0) is 0 Å². The number of fused-ring (bicyclic) bond motifs is 1. The minimum atomic E-state index is -0.996. The van der Waals surface area contributed by atoms with Gasteiger partial charge in [0.1, 0.15) is 22.4 Å². The van der Waals surface area contributed by atoms with Crippen LogP contribution in [0, 0.1) is 18.8 Å². The Kier molecular flexibility index (Phi) is 5.47. The van der Waals surface area contributed by atoms with Crippen LogP contribution in [0.1, 0.15) is 25.0 Å². The molecule has 0 aromatic carbocycles. The standard InChI is InChI=1S/C21H26N6O3S/c1-10-16-15(4-5-22-10)31-20(26-16)13-8-24-21(23-7-11-2-3-11)27-19(13)25-14-6-12(9-28)17(29)18(14)30/h4-5,8,11-12,14,17-18,28-30H,2-3,6-7,9H2,1H3,(H2,23,24,25,27)/t12-,14-,17-,18+/m1/s1. The van der Waals surface area contributed by atoms with E-state index in [0.717, 1.165) is 33.0 Å². The van der Waals surface area contributed by atoms with E-state index in [0.29, 0.717) is 24.1 Å². The molecule has 3 aromatic rings. The summed E-state index contributed by atoms with van der Waals surface area (Å²) in [6, 6.07) is 1.50. The number of pyridine rings is 1. The van der Waals surface area contributed by atoms with Crippen LogP contribution in [0.4, 0.5) is 11.8 Å². The molecule has 10 heteroatoms. The molecular weight excluding hydrogens is 416 g/mol.